The van der Waals surface area contributed by atoms with Crippen molar-refractivity contribution in [1.82, 2.24) is 5.32 Å². The minimum Gasteiger partial charge on any atom is -0.317 e. The molecule has 1 heterocycles. The van der Waals surface area contributed by atoms with Crippen LogP contribution < -0.4 is 5.32 Å². The van der Waals surface area contributed by atoms with Crippen LogP contribution in [0.25, 0.3) is 0 Å². The zero-order chi connectivity index (χ0) is 12.3. The summed E-state index contributed by atoms with van der Waals surface area (Å²) in [5.41, 5.74) is 0.704. The van der Waals surface area contributed by atoms with Gasteiger partial charge >= 0.3 is 0 Å². The summed E-state index contributed by atoms with van der Waals surface area (Å²) in [7, 11) is 0. The summed E-state index contributed by atoms with van der Waals surface area (Å²) in [6.45, 7) is 1.79. The molecular weight excluding hydrogens is 241 g/mol. The van der Waals surface area contributed by atoms with E-state index in [0.717, 1.165) is 25.9 Å². The molecule has 1 saturated heterocycles. The van der Waals surface area contributed by atoms with Crippen molar-refractivity contribution in [2.45, 2.75) is 19.3 Å². The average Bonchev–Trinajstić information content (AvgIpc) is 2.35. The number of benzene rings is 1. The normalized spacial score (nSPS) is 17.1. The molecule has 0 amide bonds. The molecule has 0 spiro atoms. The zero-order valence-corrected chi connectivity index (χ0v) is 10.3. The number of piperidine rings is 1. The first kappa shape index (κ1) is 12.5. The van der Waals surface area contributed by atoms with Gasteiger partial charge in [-0.2, -0.15) is 0 Å². The van der Waals surface area contributed by atoms with Crippen LogP contribution in [0.3, 0.4) is 0 Å². The molecule has 0 unspecified atom stereocenters. The van der Waals surface area contributed by atoms with Crippen molar-refractivity contribution in [3.63, 3.8) is 0 Å². The quantitative estimate of drug-likeness (QED) is 0.900. The standard InChI is InChI=1S/C13H15ClFNO/c14-11-2-1-9(7-12(11)15)8-13(17)10-3-5-16-6-4-10/h1-2,7,10,16H,3-6,8H2. The average molecular weight is 256 g/mol. The van der Waals surface area contributed by atoms with E-state index >= 15 is 0 Å². The number of hydrogen-bond donors (Lipinski definition) is 1. The zero-order valence-electron chi connectivity index (χ0n) is 9.51. The highest BCUT2D eigenvalue weighted by atomic mass is 35.5. The van der Waals surface area contributed by atoms with E-state index in [4.69, 9.17) is 11.6 Å². The van der Waals surface area contributed by atoms with E-state index in [0.29, 0.717) is 12.0 Å². The SMILES string of the molecule is O=C(Cc1ccc(Cl)c(F)c1)C1CCNCC1. The molecule has 2 rings (SSSR count). The summed E-state index contributed by atoms with van der Waals surface area (Å²) in [5, 5.41) is 3.32. The molecule has 92 valence electrons. The molecule has 1 fully saturated rings. The second-order valence-corrected chi connectivity index (χ2v) is 4.82. The minimum atomic E-state index is -0.456. The van der Waals surface area contributed by atoms with Gasteiger partial charge in [0.25, 0.3) is 0 Å². The third-order valence-electron chi connectivity index (χ3n) is 3.16. The van der Waals surface area contributed by atoms with E-state index in [2.05, 4.69) is 5.32 Å². The molecule has 0 aromatic heterocycles. The number of carbonyl (C=O) groups excluding carboxylic acids is 1. The molecule has 17 heavy (non-hydrogen) atoms. The fourth-order valence-corrected chi connectivity index (χ4v) is 2.26. The van der Waals surface area contributed by atoms with Gasteiger partial charge in [0.15, 0.2) is 0 Å². The highest BCUT2D eigenvalue weighted by Gasteiger charge is 2.20. The van der Waals surface area contributed by atoms with Gasteiger partial charge in [-0.15, -0.1) is 0 Å². The Balaban J connectivity index is 1.99. The van der Waals surface area contributed by atoms with E-state index in [1.807, 2.05) is 0 Å². The number of halogens is 2. The Bertz CT molecular complexity index is 416. The second kappa shape index (κ2) is 5.61. The smallest absolute Gasteiger partial charge is 0.142 e. The molecule has 0 radical (unpaired) electrons. The number of rotatable bonds is 3. The van der Waals surface area contributed by atoms with Crippen molar-refractivity contribution in [3.8, 4) is 0 Å². The number of ketones is 1. The Labute approximate surface area is 105 Å². The van der Waals surface area contributed by atoms with E-state index < -0.39 is 5.82 Å². The summed E-state index contributed by atoms with van der Waals surface area (Å²) in [5.74, 6) is -0.134. The molecule has 1 aromatic rings. The Morgan fingerprint density at radius 3 is 2.76 bits per heavy atom. The van der Waals surface area contributed by atoms with Crippen LogP contribution in [0.4, 0.5) is 4.39 Å². The lowest BCUT2D eigenvalue weighted by Gasteiger charge is -2.21. The first-order valence-electron chi connectivity index (χ1n) is 5.84. The second-order valence-electron chi connectivity index (χ2n) is 4.42. The lowest BCUT2D eigenvalue weighted by molar-refractivity contribution is -0.122. The van der Waals surface area contributed by atoms with Gasteiger partial charge in [0.1, 0.15) is 11.6 Å². The number of nitrogens with one attached hydrogen (secondary N) is 1. The van der Waals surface area contributed by atoms with E-state index in [1.54, 1.807) is 6.07 Å². The maximum atomic E-state index is 13.2. The van der Waals surface area contributed by atoms with E-state index in [-0.39, 0.29) is 16.7 Å². The van der Waals surface area contributed by atoms with Crippen LogP contribution in [0, 0.1) is 11.7 Å². The highest BCUT2D eigenvalue weighted by molar-refractivity contribution is 6.30. The first-order valence-corrected chi connectivity index (χ1v) is 6.22. The molecule has 1 aliphatic rings. The van der Waals surface area contributed by atoms with Crippen LogP contribution in [-0.4, -0.2) is 18.9 Å². The molecule has 2 nitrogen and oxygen atoms in total. The predicted octanol–water partition coefficient (Wildman–Crippen LogP) is 2.59. The maximum absolute atomic E-state index is 13.2. The van der Waals surface area contributed by atoms with Crippen LogP contribution in [0.1, 0.15) is 18.4 Å². The largest absolute Gasteiger partial charge is 0.317 e. The lowest BCUT2D eigenvalue weighted by Crippen LogP contribution is -2.32. The fraction of sp³-hybridized carbons (Fsp3) is 0.462. The lowest BCUT2D eigenvalue weighted by atomic mass is 9.90. The Hall–Kier alpha value is -0.930. The molecule has 4 heteroatoms. The first-order chi connectivity index (χ1) is 8.16. The molecular formula is C13H15ClFNO. The van der Waals surface area contributed by atoms with Crippen LogP contribution in [-0.2, 0) is 11.2 Å². The van der Waals surface area contributed by atoms with Gasteiger partial charge in [-0.05, 0) is 43.6 Å². The topological polar surface area (TPSA) is 29.1 Å². The molecule has 1 N–H and O–H groups in total. The van der Waals surface area contributed by atoms with Crippen molar-refractivity contribution in [2.24, 2.45) is 5.92 Å². The van der Waals surface area contributed by atoms with Crippen LogP contribution >= 0.6 is 11.6 Å². The van der Waals surface area contributed by atoms with E-state index in [9.17, 15) is 9.18 Å². The molecule has 0 saturated carbocycles. The minimum absolute atomic E-state index is 0.100. The molecule has 0 atom stereocenters. The van der Waals surface area contributed by atoms with Gasteiger partial charge in [0.05, 0.1) is 5.02 Å². The van der Waals surface area contributed by atoms with Gasteiger partial charge in [-0.25, -0.2) is 4.39 Å². The predicted molar refractivity (Wildman–Crippen MR) is 65.7 cm³/mol. The van der Waals surface area contributed by atoms with Gasteiger partial charge in [0.2, 0.25) is 0 Å². The molecule has 0 aliphatic carbocycles. The summed E-state index contributed by atoms with van der Waals surface area (Å²) in [4.78, 5) is 12.0. The Kier molecular flexibility index (Phi) is 4.13. The summed E-state index contributed by atoms with van der Waals surface area (Å²) < 4.78 is 13.2. The van der Waals surface area contributed by atoms with Gasteiger partial charge < -0.3 is 5.32 Å². The Morgan fingerprint density at radius 1 is 1.41 bits per heavy atom. The van der Waals surface area contributed by atoms with E-state index in [1.165, 1.54) is 12.1 Å². The highest BCUT2D eigenvalue weighted by Crippen LogP contribution is 2.19. The number of carbonyl (C=O) groups is 1. The van der Waals surface area contributed by atoms with Gasteiger partial charge in [-0.3, -0.25) is 4.79 Å². The third-order valence-corrected chi connectivity index (χ3v) is 3.46. The van der Waals surface area contributed by atoms with Crippen molar-refractivity contribution in [3.05, 3.63) is 34.6 Å². The van der Waals surface area contributed by atoms with Gasteiger partial charge in [0, 0.05) is 12.3 Å². The number of hydrogen-bond acceptors (Lipinski definition) is 2. The summed E-state index contributed by atoms with van der Waals surface area (Å²) >= 11 is 5.60. The fourth-order valence-electron chi connectivity index (χ4n) is 2.14. The van der Waals surface area contributed by atoms with Crippen molar-refractivity contribution < 1.29 is 9.18 Å². The molecule has 1 aromatic carbocycles. The van der Waals surface area contributed by atoms with Crippen LogP contribution in [0.15, 0.2) is 18.2 Å². The van der Waals surface area contributed by atoms with Crippen LogP contribution in [0.5, 0.6) is 0 Å². The monoisotopic (exact) mass is 255 g/mol. The molecule has 1 aliphatic heterocycles. The third kappa shape index (κ3) is 3.27. The Morgan fingerprint density at radius 2 is 2.12 bits per heavy atom. The van der Waals surface area contributed by atoms with Crippen molar-refractivity contribution in [1.29, 1.82) is 0 Å². The number of Topliss-reactive ketones (excluding diaryl/α,β-unsaturated/α-hetero) is 1. The van der Waals surface area contributed by atoms with Crippen molar-refractivity contribution >= 4 is 17.4 Å². The van der Waals surface area contributed by atoms with Crippen molar-refractivity contribution in [2.75, 3.05) is 13.1 Å². The summed E-state index contributed by atoms with van der Waals surface area (Å²) in [6, 6.07) is 4.56. The summed E-state index contributed by atoms with van der Waals surface area (Å²) in [6.07, 6.45) is 2.07. The molecule has 0 bridgehead atoms. The van der Waals surface area contributed by atoms with Crippen LogP contribution in [0.2, 0.25) is 5.02 Å². The van der Waals surface area contributed by atoms with Gasteiger partial charge in [-0.1, -0.05) is 17.7 Å². The maximum Gasteiger partial charge on any atom is 0.142 e.